The quantitative estimate of drug-likeness (QED) is 0.579. The Bertz CT molecular complexity index is 1370. The molecule has 9 nitrogen and oxygen atoms in total. The number of carbonyl (C=O) groups is 1. The van der Waals surface area contributed by atoms with Gasteiger partial charge in [0.05, 0.1) is 4.75 Å². The fourth-order valence-electron chi connectivity index (χ4n) is 3.85. The Labute approximate surface area is 195 Å². The Hall–Kier alpha value is -2.42. The maximum atomic E-state index is 15.0. The maximum absolute atomic E-state index is 15.0. The molecule has 1 atom stereocenters. The Kier molecular flexibility index (Phi) is 6.07. The molecule has 1 saturated carbocycles. The number of hydrogen-bond acceptors (Lipinski definition) is 5. The molecule has 14 heteroatoms. The van der Waals surface area contributed by atoms with Gasteiger partial charge >= 0.3 is 0 Å². The van der Waals surface area contributed by atoms with Crippen molar-refractivity contribution in [1.29, 1.82) is 0 Å². The van der Waals surface area contributed by atoms with Crippen LogP contribution in [0.3, 0.4) is 0 Å². The van der Waals surface area contributed by atoms with Crippen molar-refractivity contribution in [2.45, 2.75) is 41.9 Å². The maximum Gasteiger partial charge on any atom is 0.275 e. The molecule has 1 saturated heterocycles. The third kappa shape index (κ3) is 4.34. The van der Waals surface area contributed by atoms with Gasteiger partial charge in [-0.1, -0.05) is 0 Å². The van der Waals surface area contributed by atoms with Crippen LogP contribution in [0, 0.1) is 17.5 Å². The molecule has 34 heavy (non-hydrogen) atoms. The average Bonchev–Trinajstić information content (AvgIpc) is 3.20. The van der Waals surface area contributed by atoms with Gasteiger partial charge in [-0.15, -0.1) is 0 Å². The van der Waals surface area contributed by atoms with E-state index in [1.165, 1.54) is 11.4 Å². The number of sulfonamides is 2. The highest BCUT2D eigenvalue weighted by Gasteiger charge is 2.54. The van der Waals surface area contributed by atoms with Gasteiger partial charge < -0.3 is 9.88 Å². The summed E-state index contributed by atoms with van der Waals surface area (Å²) < 4.78 is 96.2. The molecule has 1 aromatic carbocycles. The lowest BCUT2D eigenvalue weighted by atomic mass is 10.3. The monoisotopic (exact) mass is 520 g/mol. The smallest absolute Gasteiger partial charge is 0.275 e. The van der Waals surface area contributed by atoms with Crippen LogP contribution in [0.15, 0.2) is 29.3 Å². The summed E-state index contributed by atoms with van der Waals surface area (Å²) in [5.74, 6) is -4.75. The standard InChI is InChI=1S/C20H23F3N4O5S2/c1-20(6-7-20)34(31,32)27-8-5-13(10-27)25-33(29,30)16-11-26(2)18(17(16)23)19(28)24-12-3-4-14(21)15(22)9-12/h3-4,9,11,13,25H,5-8,10H2,1-2H3,(H,24,28)/t13-/m1/s1. The highest BCUT2D eigenvalue weighted by atomic mass is 32.2. The van der Waals surface area contributed by atoms with Gasteiger partial charge in [-0.3, -0.25) is 4.79 Å². The Morgan fingerprint density at radius 2 is 1.79 bits per heavy atom. The van der Waals surface area contributed by atoms with E-state index in [0.29, 0.717) is 18.9 Å². The first-order chi connectivity index (χ1) is 15.7. The number of benzene rings is 1. The number of halogens is 3. The van der Waals surface area contributed by atoms with Crippen molar-refractivity contribution < 1.29 is 34.8 Å². The summed E-state index contributed by atoms with van der Waals surface area (Å²) >= 11 is 0. The van der Waals surface area contributed by atoms with Crippen LogP contribution < -0.4 is 10.0 Å². The average molecular weight is 521 g/mol. The normalized spacial score (nSPS) is 20.4. The largest absolute Gasteiger partial charge is 0.343 e. The minimum absolute atomic E-state index is 0.0743. The first kappa shape index (κ1) is 24.7. The van der Waals surface area contributed by atoms with E-state index in [4.69, 9.17) is 0 Å². The van der Waals surface area contributed by atoms with Crippen LogP contribution in [-0.4, -0.2) is 55.5 Å². The zero-order valence-electron chi connectivity index (χ0n) is 18.3. The van der Waals surface area contributed by atoms with Crippen molar-refractivity contribution in [2.24, 2.45) is 7.05 Å². The van der Waals surface area contributed by atoms with Gasteiger partial charge in [0, 0.05) is 44.1 Å². The van der Waals surface area contributed by atoms with Crippen molar-refractivity contribution in [3.63, 3.8) is 0 Å². The van der Waals surface area contributed by atoms with Crippen LogP contribution in [0.1, 0.15) is 36.7 Å². The lowest BCUT2D eigenvalue weighted by Gasteiger charge is -2.21. The molecule has 0 spiro atoms. The van der Waals surface area contributed by atoms with Crippen molar-refractivity contribution in [3.05, 3.63) is 47.5 Å². The molecular formula is C20H23F3N4O5S2. The van der Waals surface area contributed by atoms with Gasteiger partial charge in [-0.05, 0) is 38.3 Å². The molecule has 4 rings (SSSR count). The summed E-state index contributed by atoms with van der Waals surface area (Å²) in [7, 11) is -6.75. The number of nitrogens with one attached hydrogen (secondary N) is 2. The minimum Gasteiger partial charge on any atom is -0.343 e. The predicted octanol–water partition coefficient (Wildman–Crippen LogP) is 1.93. The number of nitrogens with zero attached hydrogens (tertiary/aromatic N) is 2. The molecule has 1 amide bonds. The second-order valence-corrected chi connectivity index (χ2v) is 12.9. The molecule has 2 heterocycles. The van der Waals surface area contributed by atoms with Crippen molar-refractivity contribution in [1.82, 2.24) is 13.6 Å². The van der Waals surface area contributed by atoms with E-state index in [-0.39, 0.29) is 25.2 Å². The number of carbonyl (C=O) groups excluding carboxylic acids is 1. The number of anilines is 1. The SMILES string of the molecule is Cn1cc(S(=O)(=O)N[C@@H]2CCN(S(=O)(=O)C3(C)CC3)C2)c(F)c1C(=O)Nc1ccc(F)c(F)c1. The first-order valence-corrected chi connectivity index (χ1v) is 13.3. The van der Waals surface area contributed by atoms with Gasteiger partial charge in [0.25, 0.3) is 5.91 Å². The molecular weight excluding hydrogens is 497 g/mol. The van der Waals surface area contributed by atoms with Crippen molar-refractivity contribution >= 4 is 31.6 Å². The van der Waals surface area contributed by atoms with E-state index in [1.807, 2.05) is 0 Å². The number of aryl methyl sites for hydroxylation is 1. The van der Waals surface area contributed by atoms with E-state index in [9.17, 15) is 30.4 Å². The number of rotatable bonds is 7. The highest BCUT2D eigenvalue weighted by molar-refractivity contribution is 7.91. The second kappa shape index (κ2) is 8.36. The van der Waals surface area contributed by atoms with Gasteiger partial charge in [0.1, 0.15) is 10.6 Å². The third-order valence-corrected chi connectivity index (χ3v) is 10.3. The van der Waals surface area contributed by atoms with Crippen LogP contribution >= 0.6 is 0 Å². The van der Waals surface area contributed by atoms with Crippen LogP contribution in [-0.2, 0) is 27.1 Å². The van der Waals surface area contributed by atoms with E-state index in [0.717, 1.165) is 22.9 Å². The number of hydrogen-bond donors (Lipinski definition) is 2. The predicted molar refractivity (Wildman–Crippen MR) is 117 cm³/mol. The summed E-state index contributed by atoms with van der Waals surface area (Å²) in [6.45, 7) is 1.71. The summed E-state index contributed by atoms with van der Waals surface area (Å²) in [5, 5.41) is 2.19. The molecule has 2 fully saturated rings. The van der Waals surface area contributed by atoms with E-state index >= 15 is 4.39 Å². The molecule has 0 radical (unpaired) electrons. The molecule has 0 unspecified atom stereocenters. The second-order valence-electron chi connectivity index (χ2n) is 8.77. The summed E-state index contributed by atoms with van der Waals surface area (Å²) in [4.78, 5) is 11.7. The minimum atomic E-state index is -4.44. The van der Waals surface area contributed by atoms with Crippen LogP contribution in [0.5, 0.6) is 0 Å². The van der Waals surface area contributed by atoms with Crippen LogP contribution in [0.4, 0.5) is 18.9 Å². The molecule has 1 aliphatic carbocycles. The van der Waals surface area contributed by atoms with E-state index in [2.05, 4.69) is 10.0 Å². The molecule has 2 aromatic rings. The van der Waals surface area contributed by atoms with Gasteiger partial charge in [0.15, 0.2) is 17.5 Å². The fraction of sp³-hybridized carbons (Fsp3) is 0.450. The zero-order chi connectivity index (χ0) is 25.1. The summed E-state index contributed by atoms with van der Waals surface area (Å²) in [5.41, 5.74) is -0.786. The summed E-state index contributed by atoms with van der Waals surface area (Å²) in [6, 6.07) is 1.79. The fourth-order valence-corrected chi connectivity index (χ4v) is 7.20. The van der Waals surface area contributed by atoms with Gasteiger partial charge in [0.2, 0.25) is 20.0 Å². The van der Waals surface area contributed by atoms with Crippen molar-refractivity contribution in [2.75, 3.05) is 18.4 Å². The number of aromatic nitrogens is 1. The van der Waals surface area contributed by atoms with Crippen LogP contribution in [0.2, 0.25) is 0 Å². The molecule has 1 aromatic heterocycles. The Morgan fingerprint density at radius 3 is 2.41 bits per heavy atom. The molecule has 0 bridgehead atoms. The van der Waals surface area contributed by atoms with Gasteiger partial charge in [-0.2, -0.15) is 4.31 Å². The zero-order valence-corrected chi connectivity index (χ0v) is 19.9. The Morgan fingerprint density at radius 1 is 1.12 bits per heavy atom. The topological polar surface area (TPSA) is 118 Å². The van der Waals surface area contributed by atoms with E-state index in [1.54, 1.807) is 6.92 Å². The lowest BCUT2D eigenvalue weighted by molar-refractivity contribution is 0.101. The van der Waals surface area contributed by atoms with E-state index < -0.39 is 64.8 Å². The number of amides is 1. The third-order valence-electron chi connectivity index (χ3n) is 6.16. The molecule has 1 aliphatic heterocycles. The Balaban J connectivity index is 1.50. The van der Waals surface area contributed by atoms with Crippen molar-refractivity contribution in [3.8, 4) is 0 Å². The highest BCUT2D eigenvalue weighted by Crippen LogP contribution is 2.45. The summed E-state index contributed by atoms with van der Waals surface area (Å²) in [6.07, 6.45) is 2.22. The molecule has 2 aliphatic rings. The molecule has 2 N–H and O–H groups in total. The molecule has 186 valence electrons. The van der Waals surface area contributed by atoms with Gasteiger partial charge in [-0.25, -0.2) is 34.7 Å². The first-order valence-electron chi connectivity index (χ1n) is 10.4. The lowest BCUT2D eigenvalue weighted by Crippen LogP contribution is -2.41. The van der Waals surface area contributed by atoms with Crippen LogP contribution in [0.25, 0.3) is 0 Å².